The molecule has 2 aromatic carbocycles. The number of fused-ring (bicyclic) bond motifs is 1. The summed E-state index contributed by atoms with van der Waals surface area (Å²) in [5, 5.41) is 6.09. The maximum atomic E-state index is 12.6. The van der Waals surface area contributed by atoms with Gasteiger partial charge in [-0.2, -0.15) is 0 Å². The van der Waals surface area contributed by atoms with E-state index in [1.807, 2.05) is 63.2 Å². The van der Waals surface area contributed by atoms with E-state index in [4.69, 9.17) is 0 Å². The van der Waals surface area contributed by atoms with Crippen molar-refractivity contribution >= 4 is 28.5 Å². The summed E-state index contributed by atoms with van der Waals surface area (Å²) in [6.07, 6.45) is 5.76. The van der Waals surface area contributed by atoms with E-state index in [2.05, 4.69) is 20.6 Å². The Labute approximate surface area is 182 Å². The topological polar surface area (TPSA) is 86.9 Å². The van der Waals surface area contributed by atoms with Crippen LogP contribution in [0.1, 0.15) is 63.2 Å². The number of anilines is 1. The molecule has 1 aliphatic carbocycles. The van der Waals surface area contributed by atoms with Gasteiger partial charge in [0.1, 0.15) is 5.82 Å². The second-order valence-electron chi connectivity index (χ2n) is 9.41. The first-order chi connectivity index (χ1) is 14.8. The summed E-state index contributed by atoms with van der Waals surface area (Å²) in [7, 11) is 0. The zero-order valence-corrected chi connectivity index (χ0v) is 18.4. The fraction of sp³-hybridized carbons (Fsp3) is 0.400. The minimum absolute atomic E-state index is 0.0250. The molecule has 1 heterocycles. The first kappa shape index (κ1) is 21.1. The number of hydrogen-bond donors (Lipinski definition) is 3. The van der Waals surface area contributed by atoms with E-state index in [0.29, 0.717) is 5.56 Å². The molecule has 0 atom stereocenters. The molecule has 0 bridgehead atoms. The lowest BCUT2D eigenvalue weighted by Gasteiger charge is -2.22. The van der Waals surface area contributed by atoms with E-state index in [9.17, 15) is 9.59 Å². The van der Waals surface area contributed by atoms with Gasteiger partial charge in [-0.3, -0.25) is 9.59 Å². The molecule has 4 rings (SSSR count). The minimum atomic E-state index is -0.446. The van der Waals surface area contributed by atoms with Gasteiger partial charge in [0.05, 0.1) is 11.0 Å². The zero-order chi connectivity index (χ0) is 22.0. The maximum absolute atomic E-state index is 12.6. The van der Waals surface area contributed by atoms with Gasteiger partial charge in [-0.15, -0.1) is 0 Å². The molecule has 1 aliphatic rings. The largest absolute Gasteiger partial charge is 0.349 e. The number of imidazole rings is 1. The monoisotopic (exact) mass is 418 g/mol. The van der Waals surface area contributed by atoms with Gasteiger partial charge in [0.15, 0.2) is 0 Å². The Kier molecular flexibility index (Phi) is 5.81. The molecular formula is C25H30N4O2. The quantitative estimate of drug-likeness (QED) is 0.539. The zero-order valence-electron chi connectivity index (χ0n) is 18.4. The number of amides is 2. The van der Waals surface area contributed by atoms with Crippen LogP contribution in [0.5, 0.6) is 0 Å². The maximum Gasteiger partial charge on any atom is 0.251 e. The van der Waals surface area contributed by atoms with Crippen LogP contribution in [0.15, 0.2) is 42.5 Å². The number of H-pyrrole nitrogens is 1. The minimum Gasteiger partial charge on any atom is -0.349 e. The van der Waals surface area contributed by atoms with Gasteiger partial charge in [-0.05, 0) is 55.3 Å². The van der Waals surface area contributed by atoms with Gasteiger partial charge >= 0.3 is 0 Å². The molecule has 31 heavy (non-hydrogen) atoms. The van der Waals surface area contributed by atoms with E-state index in [1.165, 1.54) is 19.3 Å². The lowest BCUT2D eigenvalue weighted by atomic mass is 9.95. The summed E-state index contributed by atoms with van der Waals surface area (Å²) >= 11 is 0. The Morgan fingerprint density at radius 3 is 2.39 bits per heavy atom. The van der Waals surface area contributed by atoms with Crippen LogP contribution in [0.25, 0.3) is 22.4 Å². The third-order valence-electron chi connectivity index (χ3n) is 5.78. The van der Waals surface area contributed by atoms with Crippen molar-refractivity contribution in [3.8, 4) is 11.4 Å². The number of nitrogens with one attached hydrogen (secondary N) is 3. The van der Waals surface area contributed by atoms with Crippen LogP contribution >= 0.6 is 0 Å². The average Bonchev–Trinajstić information content (AvgIpc) is 3.17. The molecule has 1 aromatic heterocycles. The van der Waals surface area contributed by atoms with Crippen molar-refractivity contribution < 1.29 is 9.59 Å². The number of carbonyl (C=O) groups excluding carboxylic acids is 2. The molecule has 0 radical (unpaired) electrons. The molecule has 3 N–H and O–H groups in total. The first-order valence-electron chi connectivity index (χ1n) is 11.0. The lowest BCUT2D eigenvalue weighted by Crippen LogP contribution is -2.36. The molecule has 3 aromatic rings. The van der Waals surface area contributed by atoms with E-state index in [-0.39, 0.29) is 17.9 Å². The summed E-state index contributed by atoms with van der Waals surface area (Å²) in [6, 6.07) is 13.5. The predicted octanol–water partition coefficient (Wildman–Crippen LogP) is 5.28. The lowest BCUT2D eigenvalue weighted by molar-refractivity contribution is -0.123. The highest BCUT2D eigenvalue weighted by Gasteiger charge is 2.21. The van der Waals surface area contributed by atoms with Gasteiger partial charge in [0.25, 0.3) is 5.91 Å². The van der Waals surface area contributed by atoms with Crippen LogP contribution in [0.2, 0.25) is 0 Å². The molecule has 162 valence electrons. The van der Waals surface area contributed by atoms with Crippen molar-refractivity contribution in [3.05, 3.63) is 48.0 Å². The van der Waals surface area contributed by atoms with Gasteiger partial charge in [0, 0.05) is 28.3 Å². The van der Waals surface area contributed by atoms with E-state index in [0.717, 1.165) is 41.0 Å². The Morgan fingerprint density at radius 2 is 1.71 bits per heavy atom. The summed E-state index contributed by atoms with van der Waals surface area (Å²) in [4.78, 5) is 32.8. The number of aromatic nitrogens is 2. The standard InChI is InChI=1S/C25H30N4O2/c1-25(2,3)24(31)27-19-12-9-16(10-13-19)22-28-20-14-11-17(15-21(20)29-22)23(30)26-18-7-5-4-6-8-18/h9-15,18H,4-8H2,1-3H3,(H,26,30)(H,27,31)(H,28,29). The third-order valence-corrected chi connectivity index (χ3v) is 5.78. The molecule has 6 heteroatoms. The van der Waals surface area contributed by atoms with Crippen molar-refractivity contribution in [1.29, 1.82) is 0 Å². The summed E-state index contributed by atoms with van der Waals surface area (Å²) in [6.45, 7) is 5.65. The summed E-state index contributed by atoms with van der Waals surface area (Å²) in [5.74, 6) is 0.675. The second-order valence-corrected chi connectivity index (χ2v) is 9.41. The molecule has 6 nitrogen and oxygen atoms in total. The highest BCUT2D eigenvalue weighted by atomic mass is 16.2. The fourth-order valence-electron chi connectivity index (χ4n) is 3.83. The average molecular weight is 419 g/mol. The molecule has 0 unspecified atom stereocenters. The first-order valence-corrected chi connectivity index (χ1v) is 11.0. The Bertz CT molecular complexity index is 1090. The SMILES string of the molecule is CC(C)(C)C(=O)Nc1ccc(-c2nc3cc(C(=O)NC4CCCCC4)ccc3[nH]2)cc1. The van der Waals surface area contributed by atoms with Crippen LogP contribution in [0.4, 0.5) is 5.69 Å². The van der Waals surface area contributed by atoms with E-state index >= 15 is 0 Å². The molecule has 2 amide bonds. The highest BCUT2D eigenvalue weighted by molar-refractivity contribution is 5.98. The third kappa shape index (κ3) is 4.95. The van der Waals surface area contributed by atoms with Gasteiger partial charge < -0.3 is 15.6 Å². The number of aromatic amines is 1. The molecule has 0 spiro atoms. The van der Waals surface area contributed by atoms with Crippen LogP contribution in [-0.4, -0.2) is 27.8 Å². The van der Waals surface area contributed by atoms with Crippen molar-refractivity contribution in [3.63, 3.8) is 0 Å². The molecule has 1 fully saturated rings. The van der Waals surface area contributed by atoms with Crippen LogP contribution in [-0.2, 0) is 4.79 Å². The Hall–Kier alpha value is -3.15. The number of nitrogens with zero attached hydrogens (tertiary/aromatic N) is 1. The van der Waals surface area contributed by atoms with Crippen LogP contribution < -0.4 is 10.6 Å². The smallest absolute Gasteiger partial charge is 0.251 e. The van der Waals surface area contributed by atoms with Crippen LogP contribution in [0, 0.1) is 5.41 Å². The molecular weight excluding hydrogens is 388 g/mol. The van der Waals surface area contributed by atoms with E-state index in [1.54, 1.807) is 0 Å². The summed E-state index contributed by atoms with van der Waals surface area (Å²) in [5.41, 5.74) is 3.50. The number of benzene rings is 2. The van der Waals surface area contributed by atoms with Crippen molar-refractivity contribution in [2.75, 3.05) is 5.32 Å². The van der Waals surface area contributed by atoms with Crippen molar-refractivity contribution in [1.82, 2.24) is 15.3 Å². The van der Waals surface area contributed by atoms with Gasteiger partial charge in [-0.25, -0.2) is 4.98 Å². The van der Waals surface area contributed by atoms with E-state index < -0.39 is 5.41 Å². The number of carbonyl (C=O) groups is 2. The molecule has 0 aliphatic heterocycles. The number of rotatable bonds is 4. The second kappa shape index (κ2) is 8.53. The van der Waals surface area contributed by atoms with Gasteiger partial charge in [-0.1, -0.05) is 40.0 Å². The van der Waals surface area contributed by atoms with Crippen LogP contribution in [0.3, 0.4) is 0 Å². The summed E-state index contributed by atoms with van der Waals surface area (Å²) < 4.78 is 0. The predicted molar refractivity (Wildman–Crippen MR) is 124 cm³/mol. The normalized spacial score (nSPS) is 15.1. The van der Waals surface area contributed by atoms with Crippen molar-refractivity contribution in [2.45, 2.75) is 58.9 Å². The van der Waals surface area contributed by atoms with Gasteiger partial charge in [0.2, 0.25) is 5.91 Å². The molecule has 0 saturated heterocycles. The highest BCUT2D eigenvalue weighted by Crippen LogP contribution is 2.24. The molecule has 1 saturated carbocycles. The fourth-order valence-corrected chi connectivity index (χ4v) is 3.83. The Balaban J connectivity index is 1.49. The Morgan fingerprint density at radius 1 is 1.00 bits per heavy atom. The van der Waals surface area contributed by atoms with Crippen molar-refractivity contribution in [2.24, 2.45) is 5.41 Å². The number of hydrogen-bond acceptors (Lipinski definition) is 3.